The second-order valence-electron chi connectivity index (χ2n) is 18.4. The van der Waals surface area contributed by atoms with Crippen molar-refractivity contribution in [1.82, 2.24) is 16.3 Å². The molecule has 14 heteroatoms. The maximum atomic E-state index is 13.8. The van der Waals surface area contributed by atoms with Gasteiger partial charge in [-0.25, -0.2) is 16.3 Å². The average Bonchev–Trinajstić information content (AvgIpc) is 3.73. The van der Waals surface area contributed by atoms with E-state index in [-0.39, 0.29) is 16.7 Å². The Bertz CT molecular complexity index is 3280. The van der Waals surface area contributed by atoms with Crippen molar-refractivity contribution >= 4 is 98.4 Å². The van der Waals surface area contributed by atoms with E-state index >= 15 is 0 Å². The minimum atomic E-state index is -0.654. The Morgan fingerprint density at radius 3 is 0.659 bits per heavy atom. The van der Waals surface area contributed by atoms with Crippen LogP contribution in [0, 0.1) is 0 Å². The fourth-order valence-electron chi connectivity index (χ4n) is 8.64. The van der Waals surface area contributed by atoms with E-state index in [1.165, 1.54) is 36.8 Å². The zero-order chi connectivity index (χ0) is 56.9. The van der Waals surface area contributed by atoms with Gasteiger partial charge in [-0.2, -0.15) is 15.3 Å². The Morgan fingerprint density at radius 1 is 0.305 bits per heavy atom. The molecule has 0 fully saturated rings. The molecule has 0 saturated heterocycles. The molecule has 3 N–H and O–H groups in total. The first-order valence-electron chi connectivity index (χ1n) is 26.1. The third-order valence-corrected chi connectivity index (χ3v) is 12.4. The standard InChI is InChI=1S/C66H51N9O3.C2H6OS/c76-64(70-67-46-49-31-37-61(38-32-49)73(55-19-7-1-8-20-55)56-21-9-2-10-22-56)52-43-53(65(77)71-68-47-50-33-39-62(40-34-50)74(57-23-11-3-12-24-57)58-25-13-4-14-26-58)45-54(44-52)66(78)72-69-48-51-35-41-63(42-36-51)75(59-27-15-5-16-28-59)60-29-17-6-18-30-60;1-4(2)3/h1-48H,(H,70,76)(H,71,77)(H,72,78);1-2H3/b67-46+,68-47+,69-48+;. The fraction of sp³-hybridized carbons (Fsp3) is 0.0294. The minimum Gasteiger partial charge on any atom is -0.311 e. The van der Waals surface area contributed by atoms with E-state index in [0.717, 1.165) is 67.9 Å². The summed E-state index contributed by atoms with van der Waals surface area (Å²) in [6, 6.07) is 87.7. The number of para-hydroxylation sites is 6. The predicted octanol–water partition coefficient (Wildman–Crippen LogP) is 14.4. The Morgan fingerprint density at radius 2 is 0.476 bits per heavy atom. The molecule has 0 unspecified atom stereocenters. The van der Waals surface area contributed by atoms with Gasteiger partial charge in [-0.1, -0.05) is 146 Å². The molecule has 404 valence electrons. The summed E-state index contributed by atoms with van der Waals surface area (Å²) >= 11 is 0. The highest BCUT2D eigenvalue weighted by atomic mass is 32.2. The number of nitrogens with one attached hydrogen (secondary N) is 3. The van der Waals surface area contributed by atoms with Crippen molar-refractivity contribution in [3.05, 3.63) is 306 Å². The van der Waals surface area contributed by atoms with Crippen LogP contribution in [0.2, 0.25) is 0 Å². The molecular formula is C68H57N9O4S. The van der Waals surface area contributed by atoms with E-state index in [1.807, 2.05) is 255 Å². The molecular weight excluding hydrogens is 1040 g/mol. The van der Waals surface area contributed by atoms with E-state index in [9.17, 15) is 18.6 Å². The van der Waals surface area contributed by atoms with Crippen LogP contribution in [-0.2, 0) is 10.8 Å². The molecule has 13 nitrogen and oxygen atoms in total. The van der Waals surface area contributed by atoms with Crippen molar-refractivity contribution < 1.29 is 18.6 Å². The lowest BCUT2D eigenvalue weighted by molar-refractivity contribution is 0.0954. The Kier molecular flexibility index (Phi) is 19.2. The van der Waals surface area contributed by atoms with Gasteiger partial charge in [0, 0.05) is 91.2 Å². The molecule has 0 aromatic heterocycles. The third-order valence-electron chi connectivity index (χ3n) is 12.4. The molecule has 0 radical (unpaired) electrons. The fourth-order valence-corrected chi connectivity index (χ4v) is 8.64. The van der Waals surface area contributed by atoms with E-state index in [1.54, 1.807) is 12.5 Å². The summed E-state index contributed by atoms with van der Waals surface area (Å²) in [5.41, 5.74) is 18.7. The van der Waals surface area contributed by atoms with Crippen molar-refractivity contribution in [1.29, 1.82) is 0 Å². The zero-order valence-electron chi connectivity index (χ0n) is 44.9. The van der Waals surface area contributed by atoms with Gasteiger partial charge in [0.15, 0.2) is 0 Å². The summed E-state index contributed by atoms with van der Waals surface area (Å²) in [5.74, 6) is -1.96. The van der Waals surface area contributed by atoms with Crippen LogP contribution in [0.5, 0.6) is 0 Å². The minimum absolute atomic E-state index is 0.00331. The number of benzene rings is 10. The van der Waals surface area contributed by atoms with E-state index in [0.29, 0.717) is 0 Å². The monoisotopic (exact) mass is 1100 g/mol. The second kappa shape index (κ2) is 28.2. The van der Waals surface area contributed by atoms with Gasteiger partial charge in [0.2, 0.25) is 0 Å². The van der Waals surface area contributed by atoms with Gasteiger partial charge in [-0.05, 0) is 144 Å². The van der Waals surface area contributed by atoms with Crippen LogP contribution in [0.25, 0.3) is 0 Å². The van der Waals surface area contributed by atoms with Gasteiger partial charge in [0.1, 0.15) is 0 Å². The van der Waals surface area contributed by atoms with Gasteiger partial charge in [0.25, 0.3) is 17.7 Å². The van der Waals surface area contributed by atoms with Crippen LogP contribution in [0.15, 0.2) is 288 Å². The number of amides is 3. The number of anilines is 9. The number of hydrazone groups is 3. The highest BCUT2D eigenvalue weighted by Gasteiger charge is 2.18. The highest BCUT2D eigenvalue weighted by Crippen LogP contribution is 2.37. The Labute approximate surface area is 479 Å². The molecule has 0 aliphatic carbocycles. The molecule has 0 aliphatic heterocycles. The first-order valence-corrected chi connectivity index (χ1v) is 28.0. The quantitative estimate of drug-likeness (QED) is 0.0572. The molecule has 0 spiro atoms. The first kappa shape index (κ1) is 55.9. The van der Waals surface area contributed by atoms with Gasteiger partial charge in [0.05, 0.1) is 18.6 Å². The number of hydrogen-bond donors (Lipinski definition) is 3. The lowest BCUT2D eigenvalue weighted by atomic mass is 10.0. The molecule has 10 aromatic carbocycles. The Balaban J connectivity index is 0.00000196. The van der Waals surface area contributed by atoms with Crippen LogP contribution in [0.1, 0.15) is 47.8 Å². The molecule has 0 heterocycles. The number of nitrogens with zero attached hydrogens (tertiary/aromatic N) is 6. The van der Waals surface area contributed by atoms with Gasteiger partial charge in [-0.3, -0.25) is 18.6 Å². The average molecular weight is 1100 g/mol. The van der Waals surface area contributed by atoms with E-state index in [4.69, 9.17) is 0 Å². The molecule has 10 aromatic rings. The molecule has 10 rings (SSSR count). The SMILES string of the molecule is CS(C)=O.O=C(N/N=C/c1ccc(N(c2ccccc2)c2ccccc2)cc1)c1cc(C(=O)N/N=C/c2ccc(N(c3ccccc3)c3ccccc3)cc2)cc(C(=O)N/N=C/c2ccc(N(c3ccccc3)c3ccccc3)cc2)c1. The number of carbonyl (C=O) groups is 3. The van der Waals surface area contributed by atoms with Crippen LogP contribution < -0.4 is 31.0 Å². The molecule has 0 saturated carbocycles. The molecule has 0 aliphatic rings. The molecule has 3 amide bonds. The molecule has 0 bridgehead atoms. The largest absolute Gasteiger partial charge is 0.311 e. The van der Waals surface area contributed by atoms with Crippen molar-refractivity contribution in [3.8, 4) is 0 Å². The lowest BCUT2D eigenvalue weighted by Crippen LogP contribution is -2.24. The summed E-state index contributed by atoms with van der Waals surface area (Å²) in [4.78, 5) is 47.8. The normalized spacial score (nSPS) is 11.0. The second-order valence-corrected chi connectivity index (χ2v) is 19.9. The maximum absolute atomic E-state index is 13.8. The van der Waals surface area contributed by atoms with Crippen LogP contribution in [0.4, 0.5) is 51.2 Å². The van der Waals surface area contributed by atoms with Crippen molar-refractivity contribution in [3.63, 3.8) is 0 Å². The van der Waals surface area contributed by atoms with Crippen LogP contribution in [-0.4, -0.2) is 53.1 Å². The van der Waals surface area contributed by atoms with Gasteiger partial charge >= 0.3 is 0 Å². The summed E-state index contributed by atoms with van der Waals surface area (Å²) in [7, 11) is -0.611. The topological polar surface area (TPSA) is 151 Å². The molecule has 82 heavy (non-hydrogen) atoms. The van der Waals surface area contributed by atoms with Crippen LogP contribution in [0.3, 0.4) is 0 Å². The summed E-state index contributed by atoms with van der Waals surface area (Å²) in [6.45, 7) is 0. The summed E-state index contributed by atoms with van der Waals surface area (Å²) < 4.78 is 9.56. The summed E-state index contributed by atoms with van der Waals surface area (Å²) in [5, 5.41) is 12.7. The Hall–Kier alpha value is -10.8. The highest BCUT2D eigenvalue weighted by molar-refractivity contribution is 7.83. The number of hydrogen-bond acceptors (Lipinski definition) is 10. The molecule has 0 atom stereocenters. The predicted molar refractivity (Wildman–Crippen MR) is 335 cm³/mol. The maximum Gasteiger partial charge on any atom is 0.271 e. The van der Waals surface area contributed by atoms with E-state index in [2.05, 4.69) is 46.3 Å². The number of carbonyl (C=O) groups excluding carboxylic acids is 3. The van der Waals surface area contributed by atoms with Gasteiger partial charge in [-0.15, -0.1) is 0 Å². The summed E-state index contributed by atoms with van der Waals surface area (Å²) in [6.07, 6.45) is 7.84. The van der Waals surface area contributed by atoms with Crippen molar-refractivity contribution in [2.24, 2.45) is 15.3 Å². The smallest absolute Gasteiger partial charge is 0.271 e. The zero-order valence-corrected chi connectivity index (χ0v) is 45.8. The van der Waals surface area contributed by atoms with Gasteiger partial charge < -0.3 is 14.7 Å². The van der Waals surface area contributed by atoms with E-state index < -0.39 is 28.5 Å². The van der Waals surface area contributed by atoms with Crippen LogP contribution >= 0.6 is 0 Å². The third kappa shape index (κ3) is 15.3. The van der Waals surface area contributed by atoms with Crippen molar-refractivity contribution in [2.45, 2.75) is 0 Å². The number of rotatable bonds is 18. The first-order chi connectivity index (χ1) is 40.2. The lowest BCUT2D eigenvalue weighted by Gasteiger charge is -2.25. The van der Waals surface area contributed by atoms with Crippen molar-refractivity contribution in [2.75, 3.05) is 27.2 Å².